The summed E-state index contributed by atoms with van der Waals surface area (Å²) < 4.78 is 2.23. The molecular formula is C11H8NS2+. The van der Waals surface area contributed by atoms with Gasteiger partial charge in [0.25, 0.3) is 5.01 Å². The summed E-state index contributed by atoms with van der Waals surface area (Å²) in [7, 11) is 0. The highest BCUT2D eigenvalue weighted by Crippen LogP contribution is 2.28. The zero-order valence-electron chi connectivity index (χ0n) is 7.38. The molecule has 0 saturated carbocycles. The molecular weight excluding hydrogens is 210 g/mol. The van der Waals surface area contributed by atoms with Gasteiger partial charge in [-0.3, -0.25) is 0 Å². The summed E-state index contributed by atoms with van der Waals surface area (Å²) in [6.45, 7) is 0. The van der Waals surface area contributed by atoms with Crippen LogP contribution in [0.1, 0.15) is 5.01 Å². The molecule has 2 aromatic rings. The fourth-order valence-corrected chi connectivity index (χ4v) is 3.15. The maximum absolute atomic E-state index is 2.23. The Morgan fingerprint density at radius 1 is 1.14 bits per heavy atom. The van der Waals surface area contributed by atoms with Gasteiger partial charge in [-0.15, -0.1) is 4.57 Å². The first-order chi connectivity index (χ1) is 6.95. The lowest BCUT2D eigenvalue weighted by Gasteiger charge is -1.97. The van der Waals surface area contributed by atoms with Crippen LogP contribution in [0.2, 0.25) is 0 Å². The Bertz CT molecular complexity index is 499. The molecule has 0 bridgehead atoms. The van der Waals surface area contributed by atoms with E-state index in [0.29, 0.717) is 0 Å². The fraction of sp³-hybridized carbons (Fsp3) is 0. The van der Waals surface area contributed by atoms with Crippen LogP contribution in [0.5, 0.6) is 0 Å². The smallest absolute Gasteiger partial charge is 0.150 e. The average Bonchev–Trinajstić information content (AvgIpc) is 2.61. The van der Waals surface area contributed by atoms with Gasteiger partial charge in [-0.1, -0.05) is 35.2 Å². The van der Waals surface area contributed by atoms with E-state index < -0.39 is 0 Å². The molecule has 3 heteroatoms. The van der Waals surface area contributed by atoms with Crippen LogP contribution >= 0.6 is 23.1 Å². The van der Waals surface area contributed by atoms with Crippen LogP contribution < -0.4 is 4.57 Å². The van der Waals surface area contributed by atoms with Crippen LogP contribution in [-0.2, 0) is 0 Å². The van der Waals surface area contributed by atoms with Crippen molar-refractivity contribution in [2.45, 2.75) is 4.90 Å². The van der Waals surface area contributed by atoms with E-state index >= 15 is 0 Å². The summed E-state index contributed by atoms with van der Waals surface area (Å²) in [5, 5.41) is 5.54. The number of rotatable bonds is 0. The molecule has 1 nitrogen and oxygen atoms in total. The van der Waals surface area contributed by atoms with Gasteiger partial charge in [-0.2, -0.15) is 0 Å². The normalized spacial score (nSPS) is 13.1. The number of benzene rings is 1. The molecule has 2 heterocycles. The van der Waals surface area contributed by atoms with Gasteiger partial charge in [-0.05, 0) is 11.5 Å². The monoisotopic (exact) mass is 218 g/mol. The van der Waals surface area contributed by atoms with Crippen molar-refractivity contribution in [2.24, 2.45) is 0 Å². The largest absolute Gasteiger partial charge is 0.268 e. The SMILES string of the molecule is C1=Cc2scc[n+]2-c2ccccc2S1. The van der Waals surface area contributed by atoms with Gasteiger partial charge in [0.2, 0.25) is 5.69 Å². The van der Waals surface area contributed by atoms with Gasteiger partial charge >= 0.3 is 0 Å². The Balaban J connectivity index is 2.33. The maximum Gasteiger partial charge on any atom is 0.268 e. The molecule has 0 aliphatic carbocycles. The lowest BCUT2D eigenvalue weighted by molar-refractivity contribution is -0.594. The number of aromatic nitrogens is 1. The predicted molar refractivity (Wildman–Crippen MR) is 60.7 cm³/mol. The van der Waals surface area contributed by atoms with Crippen molar-refractivity contribution in [1.29, 1.82) is 0 Å². The molecule has 0 N–H and O–H groups in total. The Hall–Kier alpha value is -1.06. The van der Waals surface area contributed by atoms with Crippen molar-refractivity contribution in [3.05, 3.63) is 46.3 Å². The van der Waals surface area contributed by atoms with Crippen LogP contribution in [0, 0.1) is 0 Å². The molecule has 68 valence electrons. The third kappa shape index (κ3) is 1.21. The predicted octanol–water partition coefficient (Wildman–Crippen LogP) is 3.10. The zero-order valence-corrected chi connectivity index (χ0v) is 9.02. The van der Waals surface area contributed by atoms with E-state index in [1.807, 2.05) is 0 Å². The lowest BCUT2D eigenvalue weighted by atomic mass is 10.3. The summed E-state index contributed by atoms with van der Waals surface area (Å²) in [6.07, 6.45) is 4.28. The number of hydrogen-bond acceptors (Lipinski definition) is 2. The lowest BCUT2D eigenvalue weighted by Crippen LogP contribution is -2.30. The highest BCUT2D eigenvalue weighted by atomic mass is 32.2. The summed E-state index contributed by atoms with van der Waals surface area (Å²) >= 11 is 3.54. The molecule has 14 heavy (non-hydrogen) atoms. The molecule has 1 aliphatic rings. The minimum Gasteiger partial charge on any atom is -0.150 e. The van der Waals surface area contributed by atoms with Crippen LogP contribution in [0.15, 0.2) is 46.1 Å². The van der Waals surface area contributed by atoms with Crippen LogP contribution in [0.25, 0.3) is 11.8 Å². The quantitative estimate of drug-likeness (QED) is 0.614. The van der Waals surface area contributed by atoms with Crippen molar-refractivity contribution in [3.8, 4) is 5.69 Å². The van der Waals surface area contributed by atoms with Crippen LogP contribution in [0.3, 0.4) is 0 Å². The maximum atomic E-state index is 2.23. The van der Waals surface area contributed by atoms with Crippen molar-refractivity contribution < 1.29 is 4.57 Å². The number of fused-ring (bicyclic) bond motifs is 3. The van der Waals surface area contributed by atoms with E-state index in [1.165, 1.54) is 15.6 Å². The second-order valence-electron chi connectivity index (χ2n) is 3.00. The second-order valence-corrected chi connectivity index (χ2v) is 4.87. The second kappa shape index (κ2) is 3.26. The van der Waals surface area contributed by atoms with Crippen molar-refractivity contribution >= 4 is 29.2 Å². The summed E-state index contributed by atoms with van der Waals surface area (Å²) in [5.74, 6) is 0. The Morgan fingerprint density at radius 2 is 2.07 bits per heavy atom. The standard InChI is InChI=1S/C11H8NS2/c1-2-4-10-9(3-1)12-6-8-14-11(12)5-7-13-10/h1-8H/q+1. The minimum absolute atomic E-state index is 1.28. The van der Waals surface area contributed by atoms with E-state index in [4.69, 9.17) is 0 Å². The molecule has 0 spiro atoms. The molecule has 1 aromatic heterocycles. The summed E-state index contributed by atoms with van der Waals surface area (Å²) in [6, 6.07) is 8.48. The minimum atomic E-state index is 1.28. The molecule has 0 saturated heterocycles. The van der Waals surface area contributed by atoms with Gasteiger partial charge in [0.1, 0.15) is 0 Å². The van der Waals surface area contributed by atoms with E-state index in [-0.39, 0.29) is 0 Å². The third-order valence-electron chi connectivity index (χ3n) is 2.17. The highest BCUT2D eigenvalue weighted by molar-refractivity contribution is 8.02. The number of nitrogens with zero attached hydrogens (tertiary/aromatic N) is 1. The first kappa shape index (κ1) is 8.26. The topological polar surface area (TPSA) is 3.88 Å². The molecule has 3 rings (SSSR count). The van der Waals surface area contributed by atoms with Crippen molar-refractivity contribution in [3.63, 3.8) is 0 Å². The third-order valence-corrected chi connectivity index (χ3v) is 3.87. The fourth-order valence-electron chi connectivity index (χ4n) is 1.53. The number of thioether (sulfide) groups is 1. The van der Waals surface area contributed by atoms with E-state index in [2.05, 4.69) is 51.9 Å². The van der Waals surface area contributed by atoms with E-state index in [0.717, 1.165) is 0 Å². The van der Waals surface area contributed by atoms with Crippen molar-refractivity contribution in [2.75, 3.05) is 0 Å². The summed E-state index contributed by atoms with van der Waals surface area (Å²) in [4.78, 5) is 1.31. The van der Waals surface area contributed by atoms with Gasteiger partial charge in [0.15, 0.2) is 6.20 Å². The number of thiazole rings is 1. The van der Waals surface area contributed by atoms with Gasteiger partial charge in [-0.25, -0.2) is 0 Å². The van der Waals surface area contributed by atoms with E-state index in [9.17, 15) is 0 Å². The molecule has 0 radical (unpaired) electrons. The van der Waals surface area contributed by atoms with Crippen LogP contribution in [-0.4, -0.2) is 0 Å². The van der Waals surface area contributed by atoms with Crippen LogP contribution in [0.4, 0.5) is 0 Å². The molecule has 0 unspecified atom stereocenters. The Morgan fingerprint density at radius 3 is 3.07 bits per heavy atom. The molecule has 0 amide bonds. The molecule has 1 aromatic carbocycles. The summed E-state index contributed by atoms with van der Waals surface area (Å²) in [5.41, 5.74) is 1.28. The van der Waals surface area contributed by atoms with Crippen molar-refractivity contribution in [1.82, 2.24) is 0 Å². The zero-order chi connectivity index (χ0) is 9.38. The first-order valence-electron chi connectivity index (χ1n) is 4.37. The van der Waals surface area contributed by atoms with Gasteiger partial charge in [0.05, 0.1) is 10.3 Å². The highest BCUT2D eigenvalue weighted by Gasteiger charge is 2.19. The van der Waals surface area contributed by atoms with Gasteiger partial charge in [0, 0.05) is 12.1 Å². The molecule has 0 fully saturated rings. The Kier molecular flexibility index (Phi) is 1.92. The molecule has 0 atom stereocenters. The number of para-hydroxylation sites is 1. The first-order valence-corrected chi connectivity index (χ1v) is 6.13. The van der Waals surface area contributed by atoms with E-state index in [1.54, 1.807) is 23.1 Å². The van der Waals surface area contributed by atoms with Gasteiger partial charge < -0.3 is 0 Å². The Labute approximate surface area is 90.7 Å². The molecule has 1 aliphatic heterocycles. The average molecular weight is 218 g/mol. The number of hydrogen-bond donors (Lipinski definition) is 0.